The first-order valence-corrected chi connectivity index (χ1v) is 5.97. The number of esters is 2. The summed E-state index contributed by atoms with van der Waals surface area (Å²) in [4.78, 5) is 23.7. The van der Waals surface area contributed by atoms with Gasteiger partial charge in [-0.3, -0.25) is 0 Å². The topological polar surface area (TPSA) is 43.4 Å². The van der Waals surface area contributed by atoms with Crippen molar-refractivity contribution in [3.05, 3.63) is 70.8 Å². The van der Waals surface area contributed by atoms with E-state index in [9.17, 15) is 9.59 Å². The highest BCUT2D eigenvalue weighted by atomic mass is 16.6. The van der Waals surface area contributed by atoms with Gasteiger partial charge in [0.15, 0.2) is 0 Å². The molecular formula is C16H14O3. The average Bonchev–Trinajstić information content (AvgIpc) is 2.42. The average molecular weight is 254 g/mol. The van der Waals surface area contributed by atoms with E-state index in [2.05, 4.69) is 0 Å². The summed E-state index contributed by atoms with van der Waals surface area (Å²) in [5.74, 6) is -1.25. The molecule has 0 atom stereocenters. The van der Waals surface area contributed by atoms with Crippen LogP contribution in [0.4, 0.5) is 0 Å². The minimum atomic E-state index is -0.633. The number of benzene rings is 2. The van der Waals surface area contributed by atoms with E-state index >= 15 is 0 Å². The standard InChI is InChI=1S/C16H14O3/c1-11-8-9-12(2)14(10-11)16(18)19-15(17)13-6-4-3-5-7-13/h3-10H,1-2H3. The third-order valence-corrected chi connectivity index (χ3v) is 2.81. The molecule has 0 spiro atoms. The quantitative estimate of drug-likeness (QED) is 0.610. The maximum Gasteiger partial charge on any atom is 0.346 e. The van der Waals surface area contributed by atoms with Crippen molar-refractivity contribution in [1.29, 1.82) is 0 Å². The fourth-order valence-corrected chi connectivity index (χ4v) is 1.73. The molecular weight excluding hydrogens is 240 g/mol. The molecule has 2 rings (SSSR count). The van der Waals surface area contributed by atoms with Crippen molar-refractivity contribution in [3.8, 4) is 0 Å². The molecule has 0 radical (unpaired) electrons. The van der Waals surface area contributed by atoms with E-state index in [0.717, 1.165) is 11.1 Å². The summed E-state index contributed by atoms with van der Waals surface area (Å²) in [5, 5.41) is 0. The van der Waals surface area contributed by atoms with Crippen molar-refractivity contribution in [1.82, 2.24) is 0 Å². The van der Waals surface area contributed by atoms with Gasteiger partial charge in [-0.2, -0.15) is 0 Å². The van der Waals surface area contributed by atoms with E-state index in [1.54, 1.807) is 36.4 Å². The van der Waals surface area contributed by atoms with Crippen LogP contribution in [-0.4, -0.2) is 11.9 Å². The van der Waals surface area contributed by atoms with Crippen LogP contribution in [0.2, 0.25) is 0 Å². The van der Waals surface area contributed by atoms with Crippen molar-refractivity contribution in [2.45, 2.75) is 13.8 Å². The summed E-state index contributed by atoms with van der Waals surface area (Å²) in [6.07, 6.45) is 0. The van der Waals surface area contributed by atoms with Crippen LogP contribution in [-0.2, 0) is 4.74 Å². The van der Waals surface area contributed by atoms with Gasteiger partial charge in [0.2, 0.25) is 0 Å². The Morgan fingerprint density at radius 1 is 0.895 bits per heavy atom. The third kappa shape index (κ3) is 3.07. The van der Waals surface area contributed by atoms with E-state index < -0.39 is 11.9 Å². The van der Waals surface area contributed by atoms with Crippen LogP contribution in [0.3, 0.4) is 0 Å². The van der Waals surface area contributed by atoms with Crippen molar-refractivity contribution < 1.29 is 14.3 Å². The molecule has 3 nitrogen and oxygen atoms in total. The molecule has 0 aliphatic rings. The van der Waals surface area contributed by atoms with Crippen LogP contribution in [0.25, 0.3) is 0 Å². The maximum atomic E-state index is 12.0. The maximum absolute atomic E-state index is 12.0. The van der Waals surface area contributed by atoms with Gasteiger partial charge in [0.05, 0.1) is 11.1 Å². The predicted molar refractivity (Wildman–Crippen MR) is 72.1 cm³/mol. The molecule has 0 heterocycles. The number of ether oxygens (including phenoxy) is 1. The van der Waals surface area contributed by atoms with Crippen LogP contribution in [0.5, 0.6) is 0 Å². The number of carbonyl (C=O) groups excluding carboxylic acids is 2. The first-order valence-electron chi connectivity index (χ1n) is 5.97. The lowest BCUT2D eigenvalue weighted by molar-refractivity contribution is 0.0397. The van der Waals surface area contributed by atoms with E-state index in [-0.39, 0.29) is 0 Å². The lowest BCUT2D eigenvalue weighted by Crippen LogP contribution is -2.14. The Labute approximate surface area is 111 Å². The van der Waals surface area contributed by atoms with Crippen molar-refractivity contribution >= 4 is 11.9 Å². The number of rotatable bonds is 2. The van der Waals surface area contributed by atoms with Gasteiger partial charge in [-0.05, 0) is 37.6 Å². The normalized spacial score (nSPS) is 10.0. The van der Waals surface area contributed by atoms with E-state index in [0.29, 0.717) is 11.1 Å². The number of hydrogen-bond acceptors (Lipinski definition) is 3. The second kappa shape index (κ2) is 5.48. The first kappa shape index (κ1) is 13.0. The molecule has 3 heteroatoms. The Morgan fingerprint density at radius 3 is 2.26 bits per heavy atom. The summed E-state index contributed by atoms with van der Waals surface area (Å²) >= 11 is 0. The molecule has 0 aliphatic heterocycles. The molecule has 2 aromatic carbocycles. The summed E-state index contributed by atoms with van der Waals surface area (Å²) in [6, 6.07) is 13.9. The Morgan fingerprint density at radius 2 is 1.58 bits per heavy atom. The van der Waals surface area contributed by atoms with Crippen molar-refractivity contribution in [3.63, 3.8) is 0 Å². The SMILES string of the molecule is Cc1ccc(C)c(C(=O)OC(=O)c2ccccc2)c1. The zero-order chi connectivity index (χ0) is 13.8. The molecule has 0 N–H and O–H groups in total. The molecule has 0 fully saturated rings. The fraction of sp³-hybridized carbons (Fsp3) is 0.125. The van der Waals surface area contributed by atoms with Gasteiger partial charge in [-0.25, -0.2) is 9.59 Å². The van der Waals surface area contributed by atoms with Gasteiger partial charge in [0.25, 0.3) is 0 Å². The largest absolute Gasteiger partial charge is 0.386 e. The van der Waals surface area contributed by atoms with E-state index in [1.807, 2.05) is 26.0 Å². The minimum absolute atomic E-state index is 0.362. The Kier molecular flexibility index (Phi) is 3.76. The van der Waals surface area contributed by atoms with Gasteiger partial charge in [0.1, 0.15) is 0 Å². The Balaban J connectivity index is 2.18. The summed E-state index contributed by atoms with van der Waals surface area (Å²) in [6.45, 7) is 3.69. The van der Waals surface area contributed by atoms with Crippen LogP contribution in [0.1, 0.15) is 31.8 Å². The number of aryl methyl sites for hydroxylation is 2. The van der Waals surface area contributed by atoms with Gasteiger partial charge >= 0.3 is 11.9 Å². The van der Waals surface area contributed by atoms with Gasteiger partial charge < -0.3 is 4.74 Å². The Hall–Kier alpha value is -2.42. The summed E-state index contributed by atoms with van der Waals surface area (Å²) < 4.78 is 4.88. The number of hydrogen-bond donors (Lipinski definition) is 0. The summed E-state index contributed by atoms with van der Waals surface area (Å²) in [5.41, 5.74) is 2.52. The molecule has 0 bridgehead atoms. The van der Waals surface area contributed by atoms with Gasteiger partial charge in [0, 0.05) is 0 Å². The van der Waals surface area contributed by atoms with Gasteiger partial charge in [-0.1, -0.05) is 35.9 Å². The smallest absolute Gasteiger partial charge is 0.346 e. The third-order valence-electron chi connectivity index (χ3n) is 2.81. The molecule has 0 saturated carbocycles. The molecule has 19 heavy (non-hydrogen) atoms. The number of carbonyl (C=O) groups is 2. The van der Waals surface area contributed by atoms with Crippen LogP contribution in [0, 0.1) is 13.8 Å². The monoisotopic (exact) mass is 254 g/mol. The molecule has 0 amide bonds. The summed E-state index contributed by atoms with van der Waals surface area (Å²) in [7, 11) is 0. The van der Waals surface area contributed by atoms with Gasteiger partial charge in [-0.15, -0.1) is 0 Å². The molecule has 2 aromatic rings. The van der Waals surface area contributed by atoms with Crippen molar-refractivity contribution in [2.75, 3.05) is 0 Å². The Bertz CT molecular complexity index is 615. The predicted octanol–water partition coefficient (Wildman–Crippen LogP) is 3.30. The zero-order valence-corrected chi connectivity index (χ0v) is 10.8. The van der Waals surface area contributed by atoms with Crippen molar-refractivity contribution in [2.24, 2.45) is 0 Å². The molecule has 0 saturated heterocycles. The first-order chi connectivity index (χ1) is 9.08. The highest BCUT2D eigenvalue weighted by Gasteiger charge is 2.16. The zero-order valence-electron chi connectivity index (χ0n) is 10.8. The second-order valence-electron chi connectivity index (χ2n) is 4.36. The second-order valence-corrected chi connectivity index (χ2v) is 4.36. The fourth-order valence-electron chi connectivity index (χ4n) is 1.73. The molecule has 0 aliphatic carbocycles. The van der Waals surface area contributed by atoms with E-state index in [1.165, 1.54) is 0 Å². The van der Waals surface area contributed by atoms with Crippen LogP contribution >= 0.6 is 0 Å². The highest BCUT2D eigenvalue weighted by Crippen LogP contribution is 2.13. The van der Waals surface area contributed by atoms with E-state index in [4.69, 9.17) is 4.74 Å². The minimum Gasteiger partial charge on any atom is -0.386 e. The van der Waals surface area contributed by atoms with Crippen LogP contribution in [0.15, 0.2) is 48.5 Å². The highest BCUT2D eigenvalue weighted by molar-refractivity contribution is 6.03. The molecule has 0 aromatic heterocycles. The lowest BCUT2D eigenvalue weighted by Gasteiger charge is -2.06. The lowest BCUT2D eigenvalue weighted by atomic mass is 10.1. The molecule has 96 valence electrons. The molecule has 0 unspecified atom stereocenters. The van der Waals surface area contributed by atoms with Crippen LogP contribution < -0.4 is 0 Å².